The first-order valence-corrected chi connectivity index (χ1v) is 8.32. The lowest BCUT2D eigenvalue weighted by Crippen LogP contribution is -2.09. The van der Waals surface area contributed by atoms with Gasteiger partial charge in [-0.25, -0.2) is 0 Å². The van der Waals surface area contributed by atoms with Crippen LogP contribution in [0.1, 0.15) is 16.7 Å². The van der Waals surface area contributed by atoms with Crippen molar-refractivity contribution in [3.05, 3.63) is 93.7 Å². The maximum Gasteiger partial charge on any atom is 0.270 e. The molecule has 0 bridgehead atoms. The number of benzene rings is 2. The highest BCUT2D eigenvalue weighted by Gasteiger charge is 2.05. The first-order valence-electron chi connectivity index (χ1n) is 8.32. The van der Waals surface area contributed by atoms with Crippen LogP contribution in [0.2, 0.25) is 0 Å². The van der Waals surface area contributed by atoms with E-state index in [-0.39, 0.29) is 11.6 Å². The number of amides is 1. The van der Waals surface area contributed by atoms with Gasteiger partial charge in [0.15, 0.2) is 5.82 Å². The van der Waals surface area contributed by atoms with Crippen LogP contribution in [0.4, 0.5) is 11.5 Å². The Kier molecular flexibility index (Phi) is 5.41. The van der Waals surface area contributed by atoms with E-state index in [0.29, 0.717) is 17.9 Å². The van der Waals surface area contributed by atoms with Gasteiger partial charge in [-0.2, -0.15) is 5.10 Å². The van der Waals surface area contributed by atoms with Gasteiger partial charge in [0.05, 0.1) is 11.5 Å². The van der Waals surface area contributed by atoms with Crippen LogP contribution in [0.25, 0.3) is 6.08 Å². The third kappa shape index (κ3) is 5.12. The van der Waals surface area contributed by atoms with E-state index in [2.05, 4.69) is 10.4 Å². The van der Waals surface area contributed by atoms with E-state index in [1.54, 1.807) is 29.1 Å². The molecule has 0 fully saturated rings. The van der Waals surface area contributed by atoms with E-state index in [4.69, 9.17) is 0 Å². The Labute approximate surface area is 156 Å². The molecule has 27 heavy (non-hydrogen) atoms. The first kappa shape index (κ1) is 18.1. The predicted molar refractivity (Wildman–Crippen MR) is 103 cm³/mol. The molecule has 1 N–H and O–H groups in total. The molecule has 0 aliphatic carbocycles. The number of hydrogen-bond donors (Lipinski definition) is 1. The molecule has 7 heteroatoms. The second kappa shape index (κ2) is 8.09. The van der Waals surface area contributed by atoms with Gasteiger partial charge in [-0.15, -0.1) is 0 Å². The van der Waals surface area contributed by atoms with Crippen molar-refractivity contribution < 1.29 is 9.72 Å². The third-order valence-corrected chi connectivity index (χ3v) is 3.87. The predicted octanol–water partition coefficient (Wildman–Crippen LogP) is 3.80. The van der Waals surface area contributed by atoms with Crippen molar-refractivity contribution in [1.82, 2.24) is 9.78 Å². The van der Waals surface area contributed by atoms with Crippen LogP contribution in [-0.2, 0) is 11.3 Å². The average molecular weight is 362 g/mol. The molecule has 7 nitrogen and oxygen atoms in total. The lowest BCUT2D eigenvalue weighted by atomic mass is 10.1. The third-order valence-electron chi connectivity index (χ3n) is 3.87. The van der Waals surface area contributed by atoms with Gasteiger partial charge < -0.3 is 5.32 Å². The van der Waals surface area contributed by atoms with E-state index in [0.717, 1.165) is 5.56 Å². The van der Waals surface area contributed by atoms with E-state index < -0.39 is 4.92 Å². The lowest BCUT2D eigenvalue weighted by Gasteiger charge is -2.02. The monoisotopic (exact) mass is 362 g/mol. The fraction of sp³-hybridized carbons (Fsp3) is 0.100. The number of non-ortho nitro benzene ring substituents is 1. The van der Waals surface area contributed by atoms with Crippen LogP contribution in [-0.4, -0.2) is 20.6 Å². The maximum atomic E-state index is 12.0. The quantitative estimate of drug-likeness (QED) is 0.410. The van der Waals surface area contributed by atoms with Crippen LogP contribution in [0.3, 0.4) is 0 Å². The number of anilines is 1. The molecule has 0 aliphatic rings. The summed E-state index contributed by atoms with van der Waals surface area (Å²) in [6.07, 6.45) is 4.63. The smallest absolute Gasteiger partial charge is 0.270 e. The van der Waals surface area contributed by atoms with Crippen molar-refractivity contribution in [3.63, 3.8) is 0 Å². The fourth-order valence-electron chi connectivity index (χ4n) is 2.48. The Morgan fingerprint density at radius 3 is 2.74 bits per heavy atom. The second-order valence-corrected chi connectivity index (χ2v) is 6.06. The number of aryl methyl sites for hydroxylation is 1. The van der Waals surface area contributed by atoms with E-state index in [1.165, 1.54) is 29.8 Å². The molecule has 0 atom stereocenters. The average Bonchev–Trinajstić information content (AvgIpc) is 3.09. The summed E-state index contributed by atoms with van der Waals surface area (Å²) in [5, 5.41) is 17.8. The zero-order chi connectivity index (χ0) is 19.2. The SMILES string of the molecule is Cc1ccc(Cn2ccc(NC(=O)/C=C/c3cccc([N+](=O)[O-])c3)n2)cc1. The molecule has 3 rings (SSSR count). The van der Waals surface area contributed by atoms with Crippen LogP contribution in [0.15, 0.2) is 66.9 Å². The first-order chi connectivity index (χ1) is 13.0. The molecule has 136 valence electrons. The number of rotatable bonds is 6. The van der Waals surface area contributed by atoms with E-state index in [1.807, 2.05) is 31.2 Å². The molecular formula is C20H18N4O3. The number of nitro benzene ring substituents is 1. The molecule has 0 radical (unpaired) electrons. The van der Waals surface area contributed by atoms with Crippen molar-refractivity contribution in [2.45, 2.75) is 13.5 Å². The minimum atomic E-state index is -0.474. The molecule has 0 aliphatic heterocycles. The second-order valence-electron chi connectivity index (χ2n) is 6.06. The summed E-state index contributed by atoms with van der Waals surface area (Å²) < 4.78 is 1.74. The van der Waals surface area contributed by atoms with Crippen LogP contribution >= 0.6 is 0 Å². The minimum absolute atomic E-state index is 0.0209. The van der Waals surface area contributed by atoms with Crippen molar-refractivity contribution in [2.24, 2.45) is 0 Å². The molecule has 0 saturated carbocycles. The van der Waals surface area contributed by atoms with Gasteiger partial charge >= 0.3 is 0 Å². The Balaban J connectivity index is 1.59. The normalized spacial score (nSPS) is 10.9. The number of nitrogens with one attached hydrogen (secondary N) is 1. The van der Waals surface area contributed by atoms with Crippen LogP contribution in [0.5, 0.6) is 0 Å². The summed E-state index contributed by atoms with van der Waals surface area (Å²) in [5.74, 6) is 0.0814. The Morgan fingerprint density at radius 1 is 1.22 bits per heavy atom. The Hall–Kier alpha value is -3.74. The van der Waals surface area contributed by atoms with Gasteiger partial charge in [0.1, 0.15) is 0 Å². The number of nitro groups is 1. The van der Waals surface area contributed by atoms with Crippen molar-refractivity contribution in [1.29, 1.82) is 0 Å². The summed E-state index contributed by atoms with van der Waals surface area (Å²) in [7, 11) is 0. The molecule has 1 heterocycles. The van der Waals surface area contributed by atoms with Crippen LogP contribution < -0.4 is 5.32 Å². The number of aromatic nitrogens is 2. The largest absolute Gasteiger partial charge is 0.306 e. The molecule has 1 aromatic heterocycles. The molecule has 0 saturated heterocycles. The summed E-state index contributed by atoms with van der Waals surface area (Å²) in [6, 6.07) is 15.9. The minimum Gasteiger partial charge on any atom is -0.306 e. The van der Waals surface area contributed by atoms with Gasteiger partial charge in [-0.05, 0) is 24.1 Å². The number of nitrogens with zero attached hydrogens (tertiary/aromatic N) is 3. The Bertz CT molecular complexity index is 990. The molecule has 1 amide bonds. The fourth-order valence-corrected chi connectivity index (χ4v) is 2.48. The molecule has 0 spiro atoms. The van der Waals surface area contributed by atoms with Gasteiger partial charge in [0, 0.05) is 30.5 Å². The molecule has 3 aromatic rings. The van der Waals surface area contributed by atoms with Gasteiger partial charge in [-0.3, -0.25) is 19.6 Å². The molecular weight excluding hydrogens is 344 g/mol. The topological polar surface area (TPSA) is 90.1 Å². The standard InChI is InChI=1S/C20H18N4O3/c1-15-5-7-17(8-6-15)14-23-12-11-19(22-23)21-20(25)10-9-16-3-2-4-18(13-16)24(26)27/h2-13H,14H2,1H3,(H,21,22,25)/b10-9+. The highest BCUT2D eigenvalue weighted by Crippen LogP contribution is 2.14. The number of hydrogen-bond acceptors (Lipinski definition) is 4. The van der Waals surface area contributed by atoms with Crippen molar-refractivity contribution >= 4 is 23.5 Å². The summed E-state index contributed by atoms with van der Waals surface area (Å²) in [5.41, 5.74) is 2.87. The summed E-state index contributed by atoms with van der Waals surface area (Å²) in [6.45, 7) is 2.65. The van der Waals surface area contributed by atoms with Gasteiger partial charge in [0.2, 0.25) is 5.91 Å². The van der Waals surface area contributed by atoms with Gasteiger partial charge in [0.25, 0.3) is 5.69 Å². The lowest BCUT2D eigenvalue weighted by molar-refractivity contribution is -0.384. The summed E-state index contributed by atoms with van der Waals surface area (Å²) >= 11 is 0. The van der Waals surface area contributed by atoms with Crippen molar-refractivity contribution in [3.8, 4) is 0 Å². The highest BCUT2D eigenvalue weighted by molar-refractivity contribution is 6.01. The molecule has 0 unspecified atom stereocenters. The van der Waals surface area contributed by atoms with E-state index in [9.17, 15) is 14.9 Å². The Morgan fingerprint density at radius 2 is 2.00 bits per heavy atom. The summed E-state index contributed by atoms with van der Waals surface area (Å²) in [4.78, 5) is 22.3. The van der Waals surface area contributed by atoms with Gasteiger partial charge in [-0.1, -0.05) is 42.0 Å². The van der Waals surface area contributed by atoms with Crippen LogP contribution in [0, 0.1) is 17.0 Å². The zero-order valence-electron chi connectivity index (χ0n) is 14.7. The number of carbonyl (C=O) groups is 1. The number of carbonyl (C=O) groups excluding carboxylic acids is 1. The highest BCUT2D eigenvalue weighted by atomic mass is 16.6. The maximum absolute atomic E-state index is 12.0. The molecule has 2 aromatic carbocycles. The van der Waals surface area contributed by atoms with E-state index >= 15 is 0 Å². The zero-order valence-corrected chi connectivity index (χ0v) is 14.7. The van der Waals surface area contributed by atoms with Crippen molar-refractivity contribution in [2.75, 3.05) is 5.32 Å².